The average Bonchev–Trinajstić information content (AvgIpc) is 2.90. The molecule has 100 valence electrons. The van der Waals surface area contributed by atoms with Gasteiger partial charge in [-0.05, 0) is 12.5 Å². The molecule has 2 heterocycles. The van der Waals surface area contributed by atoms with E-state index in [2.05, 4.69) is 20.6 Å². The number of nitrogens with one attached hydrogen (secondary N) is 2. The first kappa shape index (κ1) is 13.0. The number of aromatic amines is 1. The number of amides is 1. The Balaban J connectivity index is 2.15. The van der Waals surface area contributed by atoms with E-state index < -0.39 is 0 Å². The Labute approximate surface area is 109 Å². The van der Waals surface area contributed by atoms with Crippen LogP contribution in [0.2, 0.25) is 0 Å². The molecule has 0 saturated heterocycles. The number of carbonyl (C=O) groups excluding carboxylic acids is 1. The van der Waals surface area contributed by atoms with Gasteiger partial charge in [-0.2, -0.15) is 10.2 Å². The molecule has 0 aromatic carbocycles. The lowest BCUT2D eigenvalue weighted by atomic mass is 10.3. The van der Waals surface area contributed by atoms with Crippen molar-refractivity contribution in [1.82, 2.24) is 20.0 Å². The fraction of sp³-hybridized carbons (Fsp3) is 0.333. The van der Waals surface area contributed by atoms with Gasteiger partial charge in [0.15, 0.2) is 0 Å². The predicted octanol–water partition coefficient (Wildman–Crippen LogP) is 1.02. The third-order valence-corrected chi connectivity index (χ3v) is 2.58. The molecule has 0 radical (unpaired) electrons. The van der Waals surface area contributed by atoms with Gasteiger partial charge in [0.2, 0.25) is 0 Å². The zero-order valence-electron chi connectivity index (χ0n) is 10.6. The molecule has 0 aliphatic carbocycles. The largest absolute Gasteiger partial charge is 0.318 e. The Hall–Kier alpha value is -2.44. The van der Waals surface area contributed by atoms with Gasteiger partial charge >= 0.3 is 0 Å². The lowest BCUT2D eigenvalue weighted by molar-refractivity contribution is 0.101. The Bertz CT molecular complexity index is 603. The number of hydrogen-bond donors (Lipinski definition) is 2. The summed E-state index contributed by atoms with van der Waals surface area (Å²) in [5, 5.41) is 13.0. The SMILES string of the molecule is CCCCn1nc(C(=O)Nc2cn[nH]c2)ccc1=O. The third kappa shape index (κ3) is 3.27. The van der Waals surface area contributed by atoms with Crippen LogP contribution >= 0.6 is 0 Å². The van der Waals surface area contributed by atoms with Crippen LogP contribution in [0.3, 0.4) is 0 Å². The molecule has 19 heavy (non-hydrogen) atoms. The van der Waals surface area contributed by atoms with Crippen LogP contribution < -0.4 is 10.9 Å². The number of aryl methyl sites for hydroxylation is 1. The Morgan fingerprint density at radius 3 is 3.00 bits per heavy atom. The summed E-state index contributed by atoms with van der Waals surface area (Å²) in [5.41, 5.74) is 0.559. The van der Waals surface area contributed by atoms with Gasteiger partial charge in [0.05, 0.1) is 11.9 Å². The molecular weight excluding hydrogens is 246 g/mol. The Kier molecular flexibility index (Phi) is 4.07. The van der Waals surface area contributed by atoms with Crippen LogP contribution in [-0.4, -0.2) is 25.9 Å². The lowest BCUT2D eigenvalue weighted by Crippen LogP contribution is -2.26. The summed E-state index contributed by atoms with van der Waals surface area (Å²) < 4.78 is 1.31. The maximum absolute atomic E-state index is 11.9. The Morgan fingerprint density at radius 2 is 2.32 bits per heavy atom. The van der Waals surface area contributed by atoms with Crippen molar-refractivity contribution in [2.24, 2.45) is 0 Å². The van der Waals surface area contributed by atoms with Gasteiger partial charge in [0.25, 0.3) is 11.5 Å². The topological polar surface area (TPSA) is 92.7 Å². The van der Waals surface area contributed by atoms with Crippen molar-refractivity contribution in [3.8, 4) is 0 Å². The highest BCUT2D eigenvalue weighted by atomic mass is 16.2. The van der Waals surface area contributed by atoms with Crippen molar-refractivity contribution in [2.75, 3.05) is 5.32 Å². The maximum Gasteiger partial charge on any atom is 0.276 e. The van der Waals surface area contributed by atoms with Gasteiger partial charge in [-0.1, -0.05) is 13.3 Å². The van der Waals surface area contributed by atoms with E-state index in [1.165, 1.54) is 23.0 Å². The zero-order valence-corrected chi connectivity index (χ0v) is 10.6. The quantitative estimate of drug-likeness (QED) is 0.840. The van der Waals surface area contributed by atoms with Gasteiger partial charge in [-0.3, -0.25) is 14.7 Å². The van der Waals surface area contributed by atoms with Crippen LogP contribution in [0, 0.1) is 0 Å². The van der Waals surface area contributed by atoms with Gasteiger partial charge in [0.1, 0.15) is 5.69 Å². The molecule has 0 saturated carbocycles. The molecule has 7 nitrogen and oxygen atoms in total. The molecular formula is C12H15N5O2. The lowest BCUT2D eigenvalue weighted by Gasteiger charge is -2.06. The van der Waals surface area contributed by atoms with E-state index in [1.807, 2.05) is 6.92 Å². The summed E-state index contributed by atoms with van der Waals surface area (Å²) in [6.45, 7) is 2.54. The number of aromatic nitrogens is 4. The fourth-order valence-corrected chi connectivity index (χ4v) is 1.55. The summed E-state index contributed by atoms with van der Waals surface area (Å²) in [6.07, 6.45) is 4.86. The molecule has 0 unspecified atom stereocenters. The monoisotopic (exact) mass is 261 g/mol. The van der Waals surface area contributed by atoms with Crippen LogP contribution in [0.4, 0.5) is 5.69 Å². The summed E-state index contributed by atoms with van der Waals surface area (Å²) in [6, 6.07) is 2.77. The molecule has 0 aliphatic rings. The molecule has 1 amide bonds. The zero-order chi connectivity index (χ0) is 13.7. The number of unbranched alkanes of at least 4 members (excludes halogenated alkanes) is 1. The first-order chi connectivity index (χ1) is 9.20. The predicted molar refractivity (Wildman–Crippen MR) is 69.9 cm³/mol. The fourth-order valence-electron chi connectivity index (χ4n) is 1.55. The molecule has 0 bridgehead atoms. The number of anilines is 1. The molecule has 0 atom stereocenters. The molecule has 2 N–H and O–H groups in total. The van der Waals surface area contributed by atoms with Gasteiger partial charge < -0.3 is 5.32 Å². The van der Waals surface area contributed by atoms with Gasteiger partial charge in [0, 0.05) is 18.8 Å². The van der Waals surface area contributed by atoms with Crippen molar-refractivity contribution >= 4 is 11.6 Å². The van der Waals surface area contributed by atoms with E-state index in [9.17, 15) is 9.59 Å². The highest BCUT2D eigenvalue weighted by Crippen LogP contribution is 2.03. The van der Waals surface area contributed by atoms with Crippen LogP contribution in [-0.2, 0) is 6.54 Å². The molecule has 2 aromatic rings. The summed E-state index contributed by atoms with van der Waals surface area (Å²) in [4.78, 5) is 23.5. The maximum atomic E-state index is 11.9. The van der Waals surface area contributed by atoms with E-state index >= 15 is 0 Å². The molecule has 2 aromatic heterocycles. The molecule has 0 spiro atoms. The number of H-pyrrole nitrogens is 1. The number of carbonyl (C=O) groups is 1. The minimum atomic E-state index is -0.369. The van der Waals surface area contributed by atoms with Crippen LogP contribution in [0.25, 0.3) is 0 Å². The van der Waals surface area contributed by atoms with Crippen LogP contribution in [0.1, 0.15) is 30.3 Å². The van der Waals surface area contributed by atoms with Crippen molar-refractivity contribution in [3.63, 3.8) is 0 Å². The number of hydrogen-bond acceptors (Lipinski definition) is 4. The summed E-state index contributed by atoms with van der Waals surface area (Å²) in [7, 11) is 0. The highest BCUT2D eigenvalue weighted by Gasteiger charge is 2.10. The second kappa shape index (κ2) is 5.94. The van der Waals surface area contributed by atoms with Crippen molar-refractivity contribution in [2.45, 2.75) is 26.3 Å². The van der Waals surface area contributed by atoms with Gasteiger partial charge in [-0.25, -0.2) is 4.68 Å². The summed E-state index contributed by atoms with van der Waals surface area (Å²) >= 11 is 0. The van der Waals surface area contributed by atoms with Crippen molar-refractivity contribution < 1.29 is 4.79 Å². The second-order valence-electron chi connectivity index (χ2n) is 4.07. The minimum absolute atomic E-state index is 0.201. The standard InChI is InChI=1S/C12H15N5O2/c1-2-3-6-17-11(18)5-4-10(16-17)12(19)15-9-7-13-14-8-9/h4-5,7-8H,2-3,6H2,1H3,(H,13,14)(H,15,19). The molecule has 0 fully saturated rings. The van der Waals surface area contributed by atoms with E-state index in [4.69, 9.17) is 0 Å². The number of rotatable bonds is 5. The third-order valence-electron chi connectivity index (χ3n) is 2.58. The molecule has 2 rings (SSSR count). The van der Waals surface area contributed by atoms with E-state index in [1.54, 1.807) is 6.20 Å². The normalized spacial score (nSPS) is 10.4. The van der Waals surface area contributed by atoms with Crippen LogP contribution in [0.15, 0.2) is 29.3 Å². The minimum Gasteiger partial charge on any atom is -0.318 e. The molecule has 0 aliphatic heterocycles. The van der Waals surface area contributed by atoms with Crippen molar-refractivity contribution in [3.05, 3.63) is 40.6 Å². The first-order valence-corrected chi connectivity index (χ1v) is 6.09. The van der Waals surface area contributed by atoms with E-state index in [0.29, 0.717) is 12.2 Å². The first-order valence-electron chi connectivity index (χ1n) is 6.09. The van der Waals surface area contributed by atoms with Gasteiger partial charge in [-0.15, -0.1) is 0 Å². The highest BCUT2D eigenvalue weighted by molar-refractivity contribution is 6.02. The van der Waals surface area contributed by atoms with E-state index in [-0.39, 0.29) is 17.2 Å². The molecule has 7 heteroatoms. The Morgan fingerprint density at radius 1 is 1.47 bits per heavy atom. The second-order valence-corrected chi connectivity index (χ2v) is 4.07. The van der Waals surface area contributed by atoms with Crippen molar-refractivity contribution in [1.29, 1.82) is 0 Å². The number of nitrogens with zero attached hydrogens (tertiary/aromatic N) is 3. The smallest absolute Gasteiger partial charge is 0.276 e. The average molecular weight is 261 g/mol. The summed E-state index contributed by atoms with van der Waals surface area (Å²) in [5.74, 6) is -0.369. The van der Waals surface area contributed by atoms with Crippen LogP contribution in [0.5, 0.6) is 0 Å². The van der Waals surface area contributed by atoms with E-state index in [0.717, 1.165) is 12.8 Å².